The van der Waals surface area contributed by atoms with E-state index in [4.69, 9.17) is 14.2 Å². The lowest BCUT2D eigenvalue weighted by Gasteiger charge is -2.29. The van der Waals surface area contributed by atoms with E-state index in [9.17, 15) is 10.4 Å². The van der Waals surface area contributed by atoms with Crippen LogP contribution < -0.4 is 19.5 Å². The molecule has 1 fully saturated rings. The van der Waals surface area contributed by atoms with Crippen LogP contribution in [-0.2, 0) is 13.2 Å². The molecule has 6 nitrogen and oxygen atoms in total. The summed E-state index contributed by atoms with van der Waals surface area (Å²) in [5.74, 6) is 1.89. The molecule has 3 aromatic rings. The molecule has 0 heterocycles. The molecule has 1 aliphatic rings. The first kappa shape index (κ1) is 24.6. The van der Waals surface area contributed by atoms with Crippen LogP contribution in [0.2, 0.25) is 0 Å². The van der Waals surface area contributed by atoms with E-state index in [-0.39, 0.29) is 18.8 Å². The second-order valence-corrected chi connectivity index (χ2v) is 8.91. The van der Waals surface area contributed by atoms with Crippen LogP contribution in [0, 0.1) is 11.3 Å². The van der Waals surface area contributed by atoms with Gasteiger partial charge in [-0.1, -0.05) is 61.4 Å². The molecule has 182 valence electrons. The molecular weight excluding hydrogens is 440 g/mol. The molecule has 0 spiro atoms. The van der Waals surface area contributed by atoms with Gasteiger partial charge in [-0.25, -0.2) is 0 Å². The number of nitrogens with one attached hydrogen (secondary N) is 1. The average molecular weight is 473 g/mol. The quantitative estimate of drug-likeness (QED) is 0.421. The fourth-order valence-corrected chi connectivity index (χ4v) is 4.81. The Morgan fingerprint density at radius 3 is 2.26 bits per heavy atom. The Morgan fingerprint density at radius 2 is 1.66 bits per heavy atom. The standard InChI is InChI=1S/C29H32N2O4/c1-33-27-15-23(16-28(34-2)26(27)18-31-29(20-32)13-6-7-14-29)35-19-22-11-8-12-24(25(22)17-30)21-9-4-3-5-10-21/h3-5,8-12,15-16,31-32H,6-7,13-14,18-20H2,1-2H3. The molecule has 0 radical (unpaired) electrons. The normalized spacial score (nSPS) is 14.3. The summed E-state index contributed by atoms with van der Waals surface area (Å²) in [6.07, 6.45) is 4.15. The van der Waals surface area contributed by atoms with Crippen LogP contribution in [0.3, 0.4) is 0 Å². The van der Waals surface area contributed by atoms with E-state index in [0.29, 0.717) is 29.4 Å². The number of aliphatic hydroxyl groups is 1. The van der Waals surface area contributed by atoms with Gasteiger partial charge in [-0.15, -0.1) is 0 Å². The van der Waals surface area contributed by atoms with Crippen molar-refractivity contribution in [1.29, 1.82) is 5.26 Å². The van der Waals surface area contributed by atoms with Gasteiger partial charge in [0.15, 0.2) is 0 Å². The zero-order valence-electron chi connectivity index (χ0n) is 20.3. The minimum Gasteiger partial charge on any atom is -0.496 e. The maximum atomic E-state index is 9.94. The first-order chi connectivity index (χ1) is 17.1. The Bertz CT molecular complexity index is 1160. The largest absolute Gasteiger partial charge is 0.496 e. The van der Waals surface area contributed by atoms with E-state index < -0.39 is 0 Å². The van der Waals surface area contributed by atoms with Crippen molar-refractivity contribution in [2.45, 2.75) is 44.4 Å². The monoisotopic (exact) mass is 472 g/mol. The summed E-state index contributed by atoms with van der Waals surface area (Å²) in [7, 11) is 3.24. The number of ether oxygens (including phenoxy) is 3. The second kappa shape index (κ2) is 11.3. The molecule has 3 aromatic carbocycles. The Hall–Kier alpha value is -3.53. The van der Waals surface area contributed by atoms with E-state index in [1.54, 1.807) is 14.2 Å². The van der Waals surface area contributed by atoms with Gasteiger partial charge >= 0.3 is 0 Å². The smallest absolute Gasteiger partial charge is 0.130 e. The molecule has 0 aliphatic heterocycles. The van der Waals surface area contributed by atoms with Gasteiger partial charge in [0.1, 0.15) is 29.9 Å². The maximum absolute atomic E-state index is 9.94. The fourth-order valence-electron chi connectivity index (χ4n) is 4.81. The predicted octanol–water partition coefficient (Wildman–Crippen LogP) is 5.22. The van der Waals surface area contributed by atoms with Gasteiger partial charge in [-0.05, 0) is 24.0 Å². The van der Waals surface area contributed by atoms with Crippen LogP contribution in [0.15, 0.2) is 60.7 Å². The highest BCUT2D eigenvalue weighted by Gasteiger charge is 2.33. The van der Waals surface area contributed by atoms with Gasteiger partial charge in [0.25, 0.3) is 0 Å². The molecule has 1 saturated carbocycles. The highest BCUT2D eigenvalue weighted by atomic mass is 16.5. The number of aliphatic hydroxyl groups excluding tert-OH is 1. The van der Waals surface area contributed by atoms with Crippen molar-refractivity contribution in [2.75, 3.05) is 20.8 Å². The van der Waals surface area contributed by atoms with Crippen LogP contribution in [-0.4, -0.2) is 31.5 Å². The van der Waals surface area contributed by atoms with Crippen molar-refractivity contribution in [3.63, 3.8) is 0 Å². The molecule has 2 N–H and O–H groups in total. The number of methoxy groups -OCH3 is 2. The SMILES string of the molecule is COc1cc(OCc2cccc(-c3ccccc3)c2C#N)cc(OC)c1CNC1(CO)CCCC1. The van der Waals surface area contributed by atoms with Crippen LogP contribution in [0.4, 0.5) is 0 Å². The summed E-state index contributed by atoms with van der Waals surface area (Å²) >= 11 is 0. The minimum atomic E-state index is -0.247. The highest BCUT2D eigenvalue weighted by molar-refractivity contribution is 5.72. The van der Waals surface area contributed by atoms with Crippen LogP contribution in [0.5, 0.6) is 17.2 Å². The molecule has 0 amide bonds. The average Bonchev–Trinajstić information content (AvgIpc) is 3.40. The van der Waals surface area contributed by atoms with Crippen molar-refractivity contribution in [3.8, 4) is 34.4 Å². The number of benzene rings is 3. The van der Waals surface area contributed by atoms with E-state index in [1.807, 2.05) is 60.7 Å². The lowest BCUT2D eigenvalue weighted by Crippen LogP contribution is -2.45. The lowest BCUT2D eigenvalue weighted by molar-refractivity contribution is 0.162. The van der Waals surface area contributed by atoms with E-state index >= 15 is 0 Å². The maximum Gasteiger partial charge on any atom is 0.130 e. The van der Waals surface area contributed by atoms with Gasteiger partial charge in [0.2, 0.25) is 0 Å². The molecule has 6 heteroatoms. The topological polar surface area (TPSA) is 83.7 Å². The van der Waals surface area contributed by atoms with Crippen molar-refractivity contribution < 1.29 is 19.3 Å². The minimum absolute atomic E-state index is 0.113. The summed E-state index contributed by atoms with van der Waals surface area (Å²) in [6.45, 7) is 0.869. The molecule has 0 unspecified atom stereocenters. The number of nitriles is 1. The Morgan fingerprint density at radius 1 is 0.971 bits per heavy atom. The van der Waals surface area contributed by atoms with Crippen molar-refractivity contribution in [3.05, 3.63) is 77.4 Å². The van der Waals surface area contributed by atoms with Gasteiger partial charge in [-0.2, -0.15) is 5.26 Å². The Kier molecular flexibility index (Phi) is 7.91. The highest BCUT2D eigenvalue weighted by Crippen LogP contribution is 2.36. The summed E-state index contributed by atoms with van der Waals surface area (Å²) in [5, 5.41) is 23.4. The summed E-state index contributed by atoms with van der Waals surface area (Å²) < 4.78 is 17.5. The van der Waals surface area contributed by atoms with Crippen molar-refractivity contribution in [2.24, 2.45) is 0 Å². The number of rotatable bonds is 10. The third kappa shape index (κ3) is 5.43. The fraction of sp³-hybridized carbons (Fsp3) is 0.345. The molecule has 1 aliphatic carbocycles. The van der Waals surface area contributed by atoms with Crippen LogP contribution in [0.25, 0.3) is 11.1 Å². The number of hydrogen-bond acceptors (Lipinski definition) is 6. The molecule has 0 bridgehead atoms. The zero-order valence-corrected chi connectivity index (χ0v) is 20.3. The molecule has 0 atom stereocenters. The summed E-state index contributed by atoms with van der Waals surface area (Å²) in [6, 6.07) is 21.7. The van der Waals surface area contributed by atoms with E-state index in [0.717, 1.165) is 47.9 Å². The first-order valence-corrected chi connectivity index (χ1v) is 11.9. The zero-order chi connectivity index (χ0) is 24.7. The van der Waals surface area contributed by atoms with Gasteiger partial charge in [0.05, 0.1) is 32.0 Å². The van der Waals surface area contributed by atoms with Crippen LogP contribution in [0.1, 0.15) is 42.4 Å². The molecular formula is C29H32N2O4. The third-order valence-corrected chi connectivity index (χ3v) is 6.83. The number of hydrogen-bond donors (Lipinski definition) is 2. The molecule has 0 aromatic heterocycles. The predicted molar refractivity (Wildman–Crippen MR) is 136 cm³/mol. The summed E-state index contributed by atoms with van der Waals surface area (Å²) in [5.41, 5.74) is 3.92. The van der Waals surface area contributed by atoms with Crippen LogP contribution >= 0.6 is 0 Å². The molecule has 35 heavy (non-hydrogen) atoms. The molecule has 4 rings (SSSR count). The lowest BCUT2D eigenvalue weighted by atomic mass is 9.96. The van der Waals surface area contributed by atoms with Gasteiger partial charge in [-0.3, -0.25) is 0 Å². The molecule has 0 saturated heterocycles. The van der Waals surface area contributed by atoms with Gasteiger partial charge in [0, 0.05) is 29.8 Å². The van der Waals surface area contributed by atoms with Crippen molar-refractivity contribution in [1.82, 2.24) is 5.32 Å². The number of nitrogens with zero attached hydrogens (tertiary/aromatic N) is 1. The van der Waals surface area contributed by atoms with E-state index in [2.05, 4.69) is 11.4 Å². The summed E-state index contributed by atoms with van der Waals surface area (Å²) in [4.78, 5) is 0. The van der Waals surface area contributed by atoms with E-state index in [1.165, 1.54) is 0 Å². The van der Waals surface area contributed by atoms with Gasteiger partial charge < -0.3 is 24.6 Å². The Labute approximate surface area is 207 Å². The Balaban J connectivity index is 1.55. The second-order valence-electron chi connectivity index (χ2n) is 8.91. The third-order valence-electron chi connectivity index (χ3n) is 6.83. The first-order valence-electron chi connectivity index (χ1n) is 11.9. The van der Waals surface area contributed by atoms with Crippen molar-refractivity contribution >= 4 is 0 Å².